The van der Waals surface area contributed by atoms with Gasteiger partial charge in [0.15, 0.2) is 0 Å². The van der Waals surface area contributed by atoms with Gasteiger partial charge in [-0.1, -0.05) is 12.1 Å². The molecule has 38 heavy (non-hydrogen) atoms. The Morgan fingerprint density at radius 3 is 2.58 bits per heavy atom. The number of primary amides is 1. The number of benzene rings is 1. The highest BCUT2D eigenvalue weighted by molar-refractivity contribution is 5.85. The number of aromatic nitrogens is 2. The van der Waals surface area contributed by atoms with Crippen molar-refractivity contribution in [3.05, 3.63) is 71.3 Å². The molecule has 0 saturated heterocycles. The van der Waals surface area contributed by atoms with E-state index in [1.807, 2.05) is 0 Å². The zero-order valence-electron chi connectivity index (χ0n) is 21.2. The van der Waals surface area contributed by atoms with E-state index in [1.54, 1.807) is 28.8 Å². The Kier molecular flexibility index (Phi) is 8.96. The van der Waals surface area contributed by atoms with Crippen molar-refractivity contribution in [3.8, 4) is 0 Å². The van der Waals surface area contributed by atoms with Gasteiger partial charge >= 0.3 is 6.09 Å². The SMILES string of the molecule is CN(CC(N)=O)C(=O)OCc1cccc2cnc([C@@H](COCc3ccc(F)cc3F)NC(=O)C(C)(C)N)n12. The normalized spacial score (nSPS) is 12.3. The molecule has 13 heteroatoms. The van der Waals surface area contributed by atoms with Gasteiger partial charge < -0.3 is 31.2 Å². The quantitative estimate of drug-likeness (QED) is 0.340. The minimum absolute atomic E-state index is 0.132. The summed E-state index contributed by atoms with van der Waals surface area (Å²) in [4.78, 5) is 41.6. The summed E-state index contributed by atoms with van der Waals surface area (Å²) in [5.41, 5.74) is 11.1. The Balaban J connectivity index is 1.86. The zero-order valence-corrected chi connectivity index (χ0v) is 21.2. The number of hydrogen-bond acceptors (Lipinski definition) is 7. The fourth-order valence-corrected chi connectivity index (χ4v) is 3.50. The van der Waals surface area contributed by atoms with Crippen LogP contribution in [0.4, 0.5) is 13.6 Å². The van der Waals surface area contributed by atoms with E-state index in [1.165, 1.54) is 27.0 Å². The van der Waals surface area contributed by atoms with E-state index >= 15 is 0 Å². The molecule has 204 valence electrons. The fourth-order valence-electron chi connectivity index (χ4n) is 3.50. The Labute approximate surface area is 217 Å². The van der Waals surface area contributed by atoms with Crippen LogP contribution in [0.15, 0.2) is 42.6 Å². The van der Waals surface area contributed by atoms with Crippen molar-refractivity contribution < 1.29 is 32.6 Å². The molecule has 3 aromatic rings. The van der Waals surface area contributed by atoms with Gasteiger partial charge in [-0.25, -0.2) is 18.6 Å². The van der Waals surface area contributed by atoms with Crippen molar-refractivity contribution in [3.63, 3.8) is 0 Å². The number of pyridine rings is 1. The summed E-state index contributed by atoms with van der Waals surface area (Å²) in [7, 11) is 1.37. The zero-order chi connectivity index (χ0) is 28.0. The van der Waals surface area contributed by atoms with Gasteiger partial charge in [0.1, 0.15) is 36.7 Å². The van der Waals surface area contributed by atoms with Gasteiger partial charge in [0.2, 0.25) is 11.8 Å². The molecule has 0 radical (unpaired) electrons. The molecule has 0 saturated carbocycles. The summed E-state index contributed by atoms with van der Waals surface area (Å²) >= 11 is 0. The lowest BCUT2D eigenvalue weighted by Gasteiger charge is -2.24. The lowest BCUT2D eigenvalue weighted by atomic mass is 10.1. The van der Waals surface area contributed by atoms with Gasteiger partial charge in [-0.15, -0.1) is 0 Å². The monoisotopic (exact) mass is 532 g/mol. The molecule has 1 atom stereocenters. The minimum Gasteiger partial charge on any atom is -0.443 e. The Bertz CT molecular complexity index is 1320. The van der Waals surface area contributed by atoms with E-state index in [0.29, 0.717) is 17.0 Å². The maximum atomic E-state index is 14.1. The number of nitrogens with zero attached hydrogens (tertiary/aromatic N) is 3. The van der Waals surface area contributed by atoms with Gasteiger partial charge in [0.25, 0.3) is 0 Å². The summed E-state index contributed by atoms with van der Waals surface area (Å²) in [6, 6.07) is 7.50. The number of amides is 3. The predicted molar refractivity (Wildman–Crippen MR) is 132 cm³/mol. The topological polar surface area (TPSA) is 154 Å². The van der Waals surface area contributed by atoms with Crippen LogP contribution in [-0.2, 0) is 32.3 Å². The summed E-state index contributed by atoms with van der Waals surface area (Å²) in [6.07, 6.45) is 0.800. The van der Waals surface area contributed by atoms with Crippen LogP contribution in [0.25, 0.3) is 5.52 Å². The average Bonchev–Trinajstić information content (AvgIpc) is 3.26. The number of fused-ring (bicyclic) bond motifs is 1. The third-order valence-electron chi connectivity index (χ3n) is 5.47. The molecule has 2 heterocycles. The smallest absolute Gasteiger partial charge is 0.410 e. The number of rotatable bonds is 11. The predicted octanol–water partition coefficient (Wildman–Crippen LogP) is 1.78. The van der Waals surface area contributed by atoms with Crippen molar-refractivity contribution >= 4 is 23.4 Å². The largest absolute Gasteiger partial charge is 0.443 e. The summed E-state index contributed by atoms with van der Waals surface area (Å²) in [6.45, 7) is 2.25. The van der Waals surface area contributed by atoms with Crippen molar-refractivity contribution in [1.82, 2.24) is 19.6 Å². The van der Waals surface area contributed by atoms with E-state index < -0.39 is 41.1 Å². The molecular formula is C25H30F2N6O5. The Morgan fingerprint density at radius 2 is 1.92 bits per heavy atom. The molecule has 0 unspecified atom stereocenters. The van der Waals surface area contributed by atoms with Gasteiger partial charge in [-0.05, 0) is 32.0 Å². The van der Waals surface area contributed by atoms with Crippen molar-refractivity contribution in [2.45, 2.75) is 38.6 Å². The molecule has 11 nitrogen and oxygen atoms in total. The number of imidazole rings is 1. The molecule has 0 aliphatic heterocycles. The van der Waals surface area contributed by atoms with E-state index in [9.17, 15) is 23.2 Å². The first-order chi connectivity index (χ1) is 17.9. The maximum absolute atomic E-state index is 14.1. The van der Waals surface area contributed by atoms with E-state index in [4.69, 9.17) is 20.9 Å². The van der Waals surface area contributed by atoms with Crippen LogP contribution in [0.3, 0.4) is 0 Å². The van der Waals surface area contributed by atoms with Crippen LogP contribution in [0, 0.1) is 11.6 Å². The second-order valence-corrected chi connectivity index (χ2v) is 9.27. The van der Waals surface area contributed by atoms with Crippen molar-refractivity contribution in [1.29, 1.82) is 0 Å². The lowest BCUT2D eigenvalue weighted by Crippen LogP contribution is -2.51. The van der Waals surface area contributed by atoms with Gasteiger partial charge in [0, 0.05) is 18.7 Å². The Morgan fingerprint density at radius 1 is 1.18 bits per heavy atom. The molecule has 5 N–H and O–H groups in total. The standard InChI is InChI=1S/C25H30F2N6O5/c1-25(2,29)23(35)31-20(14-37-12-15-7-8-16(26)9-19(15)27)22-30-10-17-5-4-6-18(33(17)22)13-38-24(36)32(3)11-21(28)34/h4-10,20H,11-14,29H2,1-3H3,(H2,28,34)(H,31,35)/t20-/m1/s1. The second-order valence-electron chi connectivity index (χ2n) is 9.27. The van der Waals surface area contributed by atoms with Crippen molar-refractivity contribution in [2.24, 2.45) is 11.5 Å². The van der Waals surface area contributed by atoms with E-state index in [0.717, 1.165) is 17.0 Å². The number of hydrogen-bond donors (Lipinski definition) is 3. The molecule has 3 amide bonds. The van der Waals surface area contributed by atoms with Crippen LogP contribution in [0.2, 0.25) is 0 Å². The van der Waals surface area contributed by atoms with Gasteiger partial charge in [0.05, 0.1) is 36.2 Å². The van der Waals surface area contributed by atoms with Crippen molar-refractivity contribution in [2.75, 3.05) is 20.2 Å². The molecule has 0 aliphatic carbocycles. The lowest BCUT2D eigenvalue weighted by molar-refractivity contribution is -0.126. The third-order valence-corrected chi connectivity index (χ3v) is 5.47. The van der Waals surface area contributed by atoms with Crippen LogP contribution in [0.5, 0.6) is 0 Å². The molecule has 0 bridgehead atoms. The highest BCUT2D eigenvalue weighted by Gasteiger charge is 2.28. The second kappa shape index (κ2) is 12.0. The first-order valence-electron chi connectivity index (χ1n) is 11.6. The van der Waals surface area contributed by atoms with E-state index in [2.05, 4.69) is 10.3 Å². The number of halogens is 2. The third kappa shape index (κ3) is 7.23. The highest BCUT2D eigenvalue weighted by Crippen LogP contribution is 2.20. The number of carbonyl (C=O) groups is 3. The molecule has 0 fully saturated rings. The maximum Gasteiger partial charge on any atom is 0.410 e. The fraction of sp³-hybridized carbons (Fsp3) is 0.360. The van der Waals surface area contributed by atoms with Gasteiger partial charge in [-0.2, -0.15) is 0 Å². The van der Waals surface area contributed by atoms with Gasteiger partial charge in [-0.3, -0.25) is 14.0 Å². The van der Waals surface area contributed by atoms with Crippen LogP contribution >= 0.6 is 0 Å². The molecule has 3 rings (SSSR count). The molecule has 2 aromatic heterocycles. The highest BCUT2D eigenvalue weighted by atomic mass is 19.1. The first-order valence-corrected chi connectivity index (χ1v) is 11.6. The minimum atomic E-state index is -1.22. The summed E-state index contributed by atoms with van der Waals surface area (Å²) < 4.78 is 40.0. The number of ether oxygens (including phenoxy) is 2. The molecule has 0 aliphatic rings. The first kappa shape index (κ1) is 28.5. The Hall–Kier alpha value is -4.10. The summed E-state index contributed by atoms with van der Waals surface area (Å²) in [5, 5.41) is 2.80. The number of likely N-dealkylation sites (N-methyl/N-ethyl adjacent to an activating group) is 1. The van der Waals surface area contributed by atoms with Crippen LogP contribution < -0.4 is 16.8 Å². The molecular weight excluding hydrogens is 502 g/mol. The molecule has 0 spiro atoms. The average molecular weight is 533 g/mol. The number of nitrogens with one attached hydrogen (secondary N) is 1. The van der Waals surface area contributed by atoms with Crippen LogP contribution in [0.1, 0.15) is 37.0 Å². The number of carbonyl (C=O) groups excluding carboxylic acids is 3. The van der Waals surface area contributed by atoms with Crippen LogP contribution in [-0.4, -0.2) is 57.9 Å². The summed E-state index contributed by atoms with van der Waals surface area (Å²) in [5.74, 6) is -2.31. The number of nitrogens with two attached hydrogens (primary N) is 2. The molecule has 1 aromatic carbocycles. The van der Waals surface area contributed by atoms with E-state index in [-0.39, 0.29) is 31.9 Å².